The van der Waals surface area contributed by atoms with Crippen LogP contribution in [0.5, 0.6) is 5.88 Å². The minimum atomic E-state index is -4.82. The maximum Gasteiger partial charge on any atom is 0.574 e. The number of benzene rings is 1. The number of pyridine rings is 1. The van der Waals surface area contributed by atoms with Crippen LogP contribution < -0.4 is 15.8 Å². The number of nitrogen functional groups attached to an aromatic ring is 1. The smallest absolute Gasteiger partial charge is 0.388 e. The van der Waals surface area contributed by atoms with Crippen LogP contribution in [0.15, 0.2) is 42.6 Å². The fraction of sp³-hybridized carbons (Fsp3) is 0.0625. The second kappa shape index (κ2) is 7.41. The van der Waals surface area contributed by atoms with Crippen LogP contribution in [0.4, 0.5) is 29.8 Å². The zero-order valence-corrected chi connectivity index (χ0v) is 14.8. The first-order valence-corrected chi connectivity index (χ1v) is 8.46. The summed E-state index contributed by atoms with van der Waals surface area (Å²) in [4.78, 5) is 20.3. The summed E-state index contributed by atoms with van der Waals surface area (Å²) in [6, 6.07) is 8.68. The lowest BCUT2D eigenvalue weighted by molar-refractivity contribution is -0.276. The monoisotopic (exact) mass is 414 g/mol. The van der Waals surface area contributed by atoms with E-state index < -0.39 is 12.2 Å². The molecule has 0 aliphatic heterocycles. The molecule has 3 rings (SSSR count). The van der Waals surface area contributed by atoms with Crippen molar-refractivity contribution in [2.24, 2.45) is 0 Å². The molecule has 11 heteroatoms. The van der Waals surface area contributed by atoms with Crippen LogP contribution in [0, 0.1) is 0 Å². The van der Waals surface area contributed by atoms with Crippen LogP contribution >= 0.6 is 22.9 Å². The van der Waals surface area contributed by atoms with Crippen LogP contribution in [0.3, 0.4) is 0 Å². The number of anilines is 3. The molecule has 0 unspecified atom stereocenters. The number of ether oxygens (including phenoxy) is 1. The zero-order valence-electron chi connectivity index (χ0n) is 13.2. The minimum absolute atomic E-state index is 0.0347. The number of thiazole rings is 1. The summed E-state index contributed by atoms with van der Waals surface area (Å²) in [5.74, 6) is -0.875. The third-order valence-corrected chi connectivity index (χ3v) is 4.41. The Morgan fingerprint density at radius 3 is 2.48 bits per heavy atom. The Kier molecular flexibility index (Phi) is 5.19. The lowest BCUT2D eigenvalue weighted by Gasteiger charge is -2.08. The SMILES string of the molecule is Nc1nc(Nc2ccc(OC(F)(F)F)nc2)sc1C(=O)c1ccc(Cl)cc1. The molecule has 3 aromatic rings. The number of nitrogens with zero attached hydrogens (tertiary/aromatic N) is 2. The fourth-order valence-electron chi connectivity index (χ4n) is 2.04. The molecule has 0 atom stereocenters. The van der Waals surface area contributed by atoms with Crippen molar-refractivity contribution in [2.75, 3.05) is 11.1 Å². The maximum absolute atomic E-state index is 12.5. The number of halogens is 4. The lowest BCUT2D eigenvalue weighted by Crippen LogP contribution is -2.17. The number of hydrogen-bond acceptors (Lipinski definition) is 7. The van der Waals surface area contributed by atoms with Gasteiger partial charge in [0, 0.05) is 16.7 Å². The van der Waals surface area contributed by atoms with Gasteiger partial charge in [0.2, 0.25) is 11.7 Å². The van der Waals surface area contributed by atoms with Gasteiger partial charge >= 0.3 is 6.36 Å². The normalized spacial score (nSPS) is 11.3. The highest BCUT2D eigenvalue weighted by Gasteiger charge is 2.31. The Labute approximate surface area is 159 Å². The molecule has 3 N–H and O–H groups in total. The van der Waals surface area contributed by atoms with E-state index in [0.29, 0.717) is 16.3 Å². The van der Waals surface area contributed by atoms with E-state index in [9.17, 15) is 18.0 Å². The number of carbonyl (C=O) groups is 1. The summed E-state index contributed by atoms with van der Waals surface area (Å²) in [6.07, 6.45) is -3.68. The molecule has 0 spiro atoms. The average Bonchev–Trinajstić information content (AvgIpc) is 2.96. The number of nitrogens with one attached hydrogen (secondary N) is 1. The molecule has 140 valence electrons. The van der Waals surface area contributed by atoms with Gasteiger partial charge in [0.05, 0.1) is 11.9 Å². The van der Waals surface area contributed by atoms with Gasteiger partial charge < -0.3 is 15.8 Å². The van der Waals surface area contributed by atoms with Crippen LogP contribution in [-0.4, -0.2) is 22.1 Å². The quantitative estimate of drug-likeness (QED) is 0.591. The lowest BCUT2D eigenvalue weighted by atomic mass is 10.1. The van der Waals surface area contributed by atoms with Gasteiger partial charge in [-0.25, -0.2) is 9.97 Å². The van der Waals surface area contributed by atoms with E-state index in [0.717, 1.165) is 23.6 Å². The zero-order chi connectivity index (χ0) is 19.6. The molecule has 0 fully saturated rings. The van der Waals surface area contributed by atoms with E-state index in [4.69, 9.17) is 17.3 Å². The Hall–Kier alpha value is -2.85. The summed E-state index contributed by atoms with van der Waals surface area (Å²) in [6.45, 7) is 0. The number of aromatic nitrogens is 2. The Morgan fingerprint density at radius 1 is 1.19 bits per heavy atom. The number of rotatable bonds is 5. The van der Waals surface area contributed by atoms with Crippen molar-refractivity contribution in [3.8, 4) is 5.88 Å². The van der Waals surface area contributed by atoms with E-state index in [1.165, 1.54) is 6.07 Å². The van der Waals surface area contributed by atoms with Crippen LogP contribution in [0.2, 0.25) is 5.02 Å². The topological polar surface area (TPSA) is 90.1 Å². The highest BCUT2D eigenvalue weighted by Crippen LogP contribution is 2.30. The van der Waals surface area contributed by atoms with Crippen molar-refractivity contribution >= 4 is 45.4 Å². The molecule has 0 saturated carbocycles. The van der Waals surface area contributed by atoms with Gasteiger partial charge in [-0.3, -0.25) is 4.79 Å². The first kappa shape index (κ1) is 18.9. The first-order chi connectivity index (χ1) is 12.7. The van der Waals surface area contributed by atoms with Gasteiger partial charge in [-0.2, -0.15) is 0 Å². The maximum atomic E-state index is 12.5. The van der Waals surface area contributed by atoms with Gasteiger partial charge in [0.25, 0.3) is 0 Å². The summed E-state index contributed by atoms with van der Waals surface area (Å²) >= 11 is 6.81. The van der Waals surface area contributed by atoms with Crippen LogP contribution in [0.25, 0.3) is 0 Å². The highest BCUT2D eigenvalue weighted by molar-refractivity contribution is 7.18. The summed E-state index contributed by atoms with van der Waals surface area (Å²) in [5, 5.41) is 3.61. The number of ketones is 1. The van der Waals surface area contributed by atoms with Gasteiger partial charge in [-0.1, -0.05) is 22.9 Å². The molecule has 0 aliphatic rings. The fourth-order valence-corrected chi connectivity index (χ4v) is 3.03. The summed E-state index contributed by atoms with van der Waals surface area (Å²) < 4.78 is 40.1. The molecule has 0 aliphatic carbocycles. The average molecular weight is 415 g/mol. The Morgan fingerprint density at radius 2 is 1.89 bits per heavy atom. The Balaban J connectivity index is 1.74. The predicted molar refractivity (Wildman–Crippen MR) is 95.6 cm³/mol. The molecule has 0 radical (unpaired) electrons. The van der Waals surface area contributed by atoms with Crippen molar-refractivity contribution < 1.29 is 22.7 Å². The van der Waals surface area contributed by atoms with E-state index in [-0.39, 0.29) is 21.6 Å². The third-order valence-electron chi connectivity index (χ3n) is 3.17. The highest BCUT2D eigenvalue weighted by atomic mass is 35.5. The van der Waals surface area contributed by atoms with E-state index in [1.807, 2.05) is 0 Å². The molecule has 2 aromatic heterocycles. The van der Waals surface area contributed by atoms with Crippen molar-refractivity contribution in [3.05, 3.63) is 58.1 Å². The number of carbonyl (C=O) groups excluding carboxylic acids is 1. The molecule has 0 amide bonds. The molecule has 6 nitrogen and oxygen atoms in total. The van der Waals surface area contributed by atoms with Crippen molar-refractivity contribution in [3.63, 3.8) is 0 Å². The van der Waals surface area contributed by atoms with Gasteiger partial charge in [-0.15, -0.1) is 13.2 Å². The number of nitrogens with two attached hydrogens (primary N) is 1. The molecule has 1 aromatic carbocycles. The second-order valence-electron chi connectivity index (χ2n) is 5.13. The molecule has 27 heavy (non-hydrogen) atoms. The Bertz CT molecular complexity index is 959. The van der Waals surface area contributed by atoms with E-state index in [1.54, 1.807) is 24.3 Å². The molecule has 0 saturated heterocycles. The van der Waals surface area contributed by atoms with Crippen LogP contribution in [-0.2, 0) is 0 Å². The summed E-state index contributed by atoms with van der Waals surface area (Å²) in [5.41, 5.74) is 6.56. The predicted octanol–water partition coefficient (Wildman–Crippen LogP) is 4.65. The largest absolute Gasteiger partial charge is 0.574 e. The van der Waals surface area contributed by atoms with Crippen molar-refractivity contribution in [1.82, 2.24) is 9.97 Å². The molecular formula is C16H10ClF3N4O2S. The number of hydrogen-bond donors (Lipinski definition) is 2. The molecular weight excluding hydrogens is 405 g/mol. The van der Waals surface area contributed by atoms with Crippen molar-refractivity contribution in [2.45, 2.75) is 6.36 Å². The van der Waals surface area contributed by atoms with Crippen LogP contribution in [0.1, 0.15) is 15.2 Å². The summed E-state index contributed by atoms with van der Waals surface area (Å²) in [7, 11) is 0. The third kappa shape index (κ3) is 4.86. The number of alkyl halides is 3. The van der Waals surface area contributed by atoms with Gasteiger partial charge in [0.15, 0.2) is 5.13 Å². The molecule has 0 bridgehead atoms. The van der Waals surface area contributed by atoms with E-state index in [2.05, 4.69) is 20.0 Å². The van der Waals surface area contributed by atoms with Gasteiger partial charge in [0.1, 0.15) is 10.7 Å². The second-order valence-corrected chi connectivity index (χ2v) is 6.56. The van der Waals surface area contributed by atoms with Gasteiger partial charge in [-0.05, 0) is 30.3 Å². The van der Waals surface area contributed by atoms with E-state index >= 15 is 0 Å². The minimum Gasteiger partial charge on any atom is -0.388 e. The first-order valence-electron chi connectivity index (χ1n) is 7.26. The standard InChI is InChI=1S/C16H10ClF3N4O2S/c17-9-3-1-8(2-4-9)12(25)13-14(21)24-15(27-13)23-10-5-6-11(22-7-10)26-16(18,19)20/h1-7H,21H2,(H,23,24). The molecule has 2 heterocycles. The van der Waals surface area contributed by atoms with Crippen molar-refractivity contribution in [1.29, 1.82) is 0 Å².